The van der Waals surface area contributed by atoms with Crippen molar-refractivity contribution >= 4 is 39.8 Å². The maximum absolute atomic E-state index is 12.5. The average Bonchev–Trinajstić information content (AvgIpc) is 3.23. The van der Waals surface area contributed by atoms with Crippen LogP contribution in [0.25, 0.3) is 22.2 Å². The molecule has 0 unspecified atom stereocenters. The Morgan fingerprint density at radius 1 is 1.03 bits per heavy atom. The van der Waals surface area contributed by atoms with Crippen molar-refractivity contribution in [2.24, 2.45) is 0 Å². The van der Waals surface area contributed by atoms with Gasteiger partial charge in [-0.1, -0.05) is 35.9 Å². The number of hydrogen-bond acceptors (Lipinski definition) is 5. The topological polar surface area (TPSA) is 109 Å². The Kier molecular flexibility index (Phi) is 6.03. The average molecular weight is 441 g/mol. The number of anilines is 2. The Balaban J connectivity index is 1.58. The van der Waals surface area contributed by atoms with E-state index in [9.17, 15) is 4.79 Å². The van der Waals surface area contributed by atoms with Gasteiger partial charge in [-0.2, -0.15) is 15.6 Å². The van der Waals surface area contributed by atoms with Gasteiger partial charge in [0.25, 0.3) is 5.91 Å². The Morgan fingerprint density at radius 3 is 2.44 bits per heavy atom. The van der Waals surface area contributed by atoms with Crippen molar-refractivity contribution in [3.63, 3.8) is 0 Å². The number of hydrogen-bond donors (Lipinski definition) is 2. The first kappa shape index (κ1) is 20.9. The molecule has 0 bridgehead atoms. The highest BCUT2D eigenvalue weighted by Crippen LogP contribution is 2.31. The maximum atomic E-state index is 12.5. The molecule has 0 spiro atoms. The lowest BCUT2D eigenvalue weighted by molar-refractivity contribution is 0.0794. The molecule has 0 saturated carbocycles. The predicted molar refractivity (Wildman–Crippen MR) is 123 cm³/mol. The fraction of sp³-hybridized carbons (Fsp3) is 0.0833. The van der Waals surface area contributed by atoms with Crippen LogP contribution < -0.4 is 5.32 Å². The summed E-state index contributed by atoms with van der Waals surface area (Å²) in [5.74, 6) is -0.359. The number of benzene rings is 3. The summed E-state index contributed by atoms with van der Waals surface area (Å²) in [5, 5.41) is 30.1. The summed E-state index contributed by atoms with van der Waals surface area (Å²) in [6, 6.07) is 24.2. The van der Waals surface area contributed by atoms with Crippen molar-refractivity contribution in [1.29, 1.82) is 10.5 Å². The molecule has 1 heterocycles. The number of aromatic nitrogens is 2. The standard InChI is InChI=1S/C24H17ClN6O/c25-20-3-1-2-4-21(20)28-18-9-10-19-22(15-18)29-30-23(19)16-5-7-17(8-6-16)24(32)31(13-11-26)14-12-27/h1-10,15,28H,13-14H2,(H,29,30). The van der Waals surface area contributed by atoms with E-state index in [1.54, 1.807) is 24.3 Å². The molecule has 0 atom stereocenters. The molecule has 0 aliphatic rings. The number of nitriles is 2. The Hall–Kier alpha value is -4.33. The number of rotatable bonds is 6. The Labute approximate surface area is 189 Å². The van der Waals surface area contributed by atoms with Gasteiger partial charge in [0.15, 0.2) is 0 Å². The normalized spacial score (nSPS) is 10.3. The quantitative estimate of drug-likeness (QED) is 0.404. The molecule has 0 saturated heterocycles. The molecule has 0 aliphatic heterocycles. The van der Waals surface area contributed by atoms with Crippen molar-refractivity contribution in [2.45, 2.75) is 0 Å². The number of amides is 1. The molecule has 0 fully saturated rings. The van der Waals surface area contributed by atoms with Crippen molar-refractivity contribution in [1.82, 2.24) is 15.1 Å². The van der Waals surface area contributed by atoms with E-state index in [2.05, 4.69) is 15.5 Å². The van der Waals surface area contributed by atoms with E-state index in [-0.39, 0.29) is 19.0 Å². The van der Waals surface area contributed by atoms with Crippen molar-refractivity contribution < 1.29 is 4.79 Å². The molecule has 4 rings (SSSR count). The summed E-state index contributed by atoms with van der Waals surface area (Å²) < 4.78 is 0. The molecular formula is C24H17ClN6O. The zero-order valence-corrected chi connectivity index (χ0v) is 17.6. The summed E-state index contributed by atoms with van der Waals surface area (Å²) in [7, 11) is 0. The third-order valence-corrected chi connectivity index (χ3v) is 5.26. The van der Waals surface area contributed by atoms with Crippen LogP contribution in [0.4, 0.5) is 11.4 Å². The van der Waals surface area contributed by atoms with Crippen molar-refractivity contribution in [3.8, 4) is 23.4 Å². The van der Waals surface area contributed by atoms with Gasteiger partial charge < -0.3 is 10.2 Å². The van der Waals surface area contributed by atoms with Gasteiger partial charge >= 0.3 is 0 Å². The molecule has 2 N–H and O–H groups in total. The number of H-pyrrole nitrogens is 1. The van der Waals surface area contributed by atoms with Gasteiger partial charge in [0.1, 0.15) is 13.1 Å². The van der Waals surface area contributed by atoms with Gasteiger partial charge in [-0.25, -0.2) is 0 Å². The second-order valence-corrected chi connectivity index (χ2v) is 7.40. The monoisotopic (exact) mass is 440 g/mol. The fourth-order valence-electron chi connectivity index (χ4n) is 3.36. The third-order valence-electron chi connectivity index (χ3n) is 4.93. The number of para-hydroxylation sites is 1. The molecule has 8 heteroatoms. The van der Waals surface area contributed by atoms with Crippen LogP contribution in [0.2, 0.25) is 5.02 Å². The Morgan fingerprint density at radius 2 is 1.75 bits per heavy atom. The number of halogens is 1. The third kappa shape index (κ3) is 4.24. The first-order valence-electron chi connectivity index (χ1n) is 9.74. The summed E-state index contributed by atoms with van der Waals surface area (Å²) in [4.78, 5) is 13.7. The van der Waals surface area contributed by atoms with Gasteiger partial charge in [0, 0.05) is 22.2 Å². The smallest absolute Gasteiger partial charge is 0.255 e. The molecule has 0 radical (unpaired) electrons. The van der Waals surface area contributed by atoms with Gasteiger partial charge in [0.05, 0.1) is 34.1 Å². The zero-order chi connectivity index (χ0) is 22.5. The summed E-state index contributed by atoms with van der Waals surface area (Å²) in [6.07, 6.45) is 0. The lowest BCUT2D eigenvalue weighted by atomic mass is 10.0. The number of carbonyl (C=O) groups excluding carboxylic acids is 1. The second-order valence-electron chi connectivity index (χ2n) is 6.99. The summed E-state index contributed by atoms with van der Waals surface area (Å²) in [5.41, 5.74) is 4.55. The molecule has 1 aromatic heterocycles. The lowest BCUT2D eigenvalue weighted by Gasteiger charge is -2.15. The molecule has 3 aromatic carbocycles. The van der Waals surface area contributed by atoms with Crippen LogP contribution in [0.15, 0.2) is 66.7 Å². The number of nitrogens with one attached hydrogen (secondary N) is 2. The highest BCUT2D eigenvalue weighted by Gasteiger charge is 2.16. The molecule has 1 amide bonds. The van der Waals surface area contributed by atoms with E-state index in [0.29, 0.717) is 10.6 Å². The van der Waals surface area contributed by atoms with E-state index in [4.69, 9.17) is 22.1 Å². The minimum Gasteiger partial charge on any atom is -0.354 e. The minimum atomic E-state index is -0.359. The van der Waals surface area contributed by atoms with Gasteiger partial charge in [-0.05, 0) is 42.5 Å². The van der Waals surface area contributed by atoms with Crippen LogP contribution in [-0.4, -0.2) is 34.1 Å². The van der Waals surface area contributed by atoms with E-state index in [1.165, 1.54) is 4.90 Å². The predicted octanol–water partition coefficient (Wildman–Crippen LogP) is 5.12. The summed E-state index contributed by atoms with van der Waals surface area (Å²) in [6.45, 7) is -0.272. The first-order valence-corrected chi connectivity index (χ1v) is 10.1. The second kappa shape index (κ2) is 9.22. The molecule has 7 nitrogen and oxygen atoms in total. The van der Waals surface area contributed by atoms with E-state index in [1.807, 2.05) is 54.6 Å². The zero-order valence-electron chi connectivity index (χ0n) is 16.8. The number of carbonyl (C=O) groups is 1. The van der Waals surface area contributed by atoms with Crippen LogP contribution in [0, 0.1) is 22.7 Å². The van der Waals surface area contributed by atoms with Crippen LogP contribution in [0.3, 0.4) is 0 Å². The minimum absolute atomic E-state index is 0.136. The van der Waals surface area contributed by atoms with Crippen molar-refractivity contribution in [2.75, 3.05) is 18.4 Å². The molecule has 4 aromatic rings. The molecule has 32 heavy (non-hydrogen) atoms. The molecular weight excluding hydrogens is 424 g/mol. The highest BCUT2D eigenvalue weighted by atomic mass is 35.5. The number of aromatic amines is 1. The van der Waals surface area contributed by atoms with Gasteiger partial charge in [-0.3, -0.25) is 9.89 Å². The molecule has 0 aliphatic carbocycles. The SMILES string of the molecule is N#CCN(CC#N)C(=O)c1ccc(-c2n[nH]c3cc(Nc4ccccc4Cl)ccc23)cc1. The molecule has 156 valence electrons. The summed E-state index contributed by atoms with van der Waals surface area (Å²) >= 11 is 6.22. The largest absolute Gasteiger partial charge is 0.354 e. The van der Waals surface area contributed by atoms with Gasteiger partial charge in [-0.15, -0.1) is 0 Å². The van der Waals surface area contributed by atoms with Crippen LogP contribution >= 0.6 is 11.6 Å². The van der Waals surface area contributed by atoms with Crippen LogP contribution in [-0.2, 0) is 0 Å². The lowest BCUT2D eigenvalue weighted by Crippen LogP contribution is -2.31. The van der Waals surface area contributed by atoms with E-state index >= 15 is 0 Å². The van der Waals surface area contributed by atoms with Crippen LogP contribution in [0.5, 0.6) is 0 Å². The van der Waals surface area contributed by atoms with Crippen LogP contribution in [0.1, 0.15) is 10.4 Å². The number of nitrogens with zero attached hydrogens (tertiary/aromatic N) is 4. The number of fused-ring (bicyclic) bond motifs is 1. The van der Waals surface area contributed by atoms with E-state index in [0.717, 1.165) is 33.5 Å². The maximum Gasteiger partial charge on any atom is 0.255 e. The Bertz CT molecular complexity index is 1350. The van der Waals surface area contributed by atoms with E-state index < -0.39 is 0 Å². The fourth-order valence-corrected chi connectivity index (χ4v) is 3.54. The van der Waals surface area contributed by atoms with Gasteiger partial charge in [0.2, 0.25) is 0 Å². The van der Waals surface area contributed by atoms with Crippen molar-refractivity contribution in [3.05, 3.63) is 77.3 Å². The first-order chi connectivity index (χ1) is 15.6. The highest BCUT2D eigenvalue weighted by molar-refractivity contribution is 6.33.